The first-order chi connectivity index (χ1) is 9.94. The van der Waals surface area contributed by atoms with Crippen molar-refractivity contribution in [3.63, 3.8) is 0 Å². The number of methoxy groups -OCH3 is 1. The van der Waals surface area contributed by atoms with Crippen LogP contribution in [0.3, 0.4) is 0 Å². The molecule has 0 heterocycles. The van der Waals surface area contributed by atoms with Gasteiger partial charge in [-0.05, 0) is 13.8 Å². The van der Waals surface area contributed by atoms with E-state index in [1.165, 1.54) is 7.05 Å². The first kappa shape index (κ1) is 18.5. The molecule has 0 aromatic rings. The maximum atomic E-state index is 12.2. The summed E-state index contributed by atoms with van der Waals surface area (Å²) in [6, 6.07) is 0. The highest BCUT2D eigenvalue weighted by atomic mass is 16.6. The number of likely N-dealkylation sites (N-methyl/N-ethyl adjacent to an activating group) is 1. The van der Waals surface area contributed by atoms with E-state index < -0.39 is 29.2 Å². The van der Waals surface area contributed by atoms with Crippen molar-refractivity contribution in [1.82, 2.24) is 4.90 Å². The molecule has 0 aliphatic heterocycles. The Hall–Kier alpha value is -2.49. The summed E-state index contributed by atoms with van der Waals surface area (Å²) in [6.07, 6.45) is 5.12. The Morgan fingerprint density at radius 3 is 1.90 bits per heavy atom. The second-order valence-electron chi connectivity index (χ2n) is 3.71. The minimum Gasteiger partial charge on any atom is -0.490 e. The van der Waals surface area contributed by atoms with E-state index >= 15 is 0 Å². The van der Waals surface area contributed by atoms with Crippen molar-refractivity contribution in [1.29, 1.82) is 0 Å². The van der Waals surface area contributed by atoms with E-state index in [2.05, 4.69) is 5.92 Å². The van der Waals surface area contributed by atoms with E-state index in [1.807, 2.05) is 0 Å². The summed E-state index contributed by atoms with van der Waals surface area (Å²) in [4.78, 5) is 37.0. The van der Waals surface area contributed by atoms with Gasteiger partial charge in [-0.15, -0.1) is 6.42 Å². The molecular formula is C14H19NO6. The smallest absolute Gasteiger partial charge is 0.349 e. The number of terminal acetylenes is 1. The molecule has 0 fully saturated rings. The van der Waals surface area contributed by atoms with E-state index in [-0.39, 0.29) is 19.8 Å². The average Bonchev–Trinajstić information content (AvgIpc) is 2.44. The van der Waals surface area contributed by atoms with Gasteiger partial charge in [-0.25, -0.2) is 9.59 Å². The number of hydrogen-bond acceptors (Lipinski definition) is 6. The molecule has 0 aliphatic carbocycles. The molecular weight excluding hydrogens is 278 g/mol. The third-order valence-electron chi connectivity index (χ3n) is 2.26. The van der Waals surface area contributed by atoms with Crippen molar-refractivity contribution in [3.05, 3.63) is 11.3 Å². The number of carbonyl (C=O) groups is 3. The van der Waals surface area contributed by atoms with E-state index in [9.17, 15) is 14.4 Å². The van der Waals surface area contributed by atoms with Crippen LogP contribution in [0.1, 0.15) is 13.8 Å². The third-order valence-corrected chi connectivity index (χ3v) is 2.26. The van der Waals surface area contributed by atoms with Crippen LogP contribution in [0.25, 0.3) is 0 Å². The van der Waals surface area contributed by atoms with Crippen LogP contribution in [0.4, 0.5) is 0 Å². The lowest BCUT2D eigenvalue weighted by atomic mass is 10.2. The summed E-state index contributed by atoms with van der Waals surface area (Å²) in [5, 5.41) is 0. The fourth-order valence-corrected chi connectivity index (χ4v) is 1.35. The number of hydrogen-bond donors (Lipinski definition) is 0. The molecule has 0 saturated heterocycles. The van der Waals surface area contributed by atoms with Crippen molar-refractivity contribution in [2.24, 2.45) is 0 Å². The van der Waals surface area contributed by atoms with Crippen molar-refractivity contribution in [3.8, 4) is 12.3 Å². The third kappa shape index (κ3) is 5.18. The quantitative estimate of drug-likeness (QED) is 0.166. The van der Waals surface area contributed by atoms with Gasteiger partial charge in [0.2, 0.25) is 5.76 Å². The van der Waals surface area contributed by atoms with Gasteiger partial charge in [0.05, 0.1) is 26.9 Å². The Bertz CT molecular complexity index is 454. The molecule has 0 spiro atoms. The van der Waals surface area contributed by atoms with Gasteiger partial charge in [0, 0.05) is 7.05 Å². The lowest BCUT2D eigenvalue weighted by molar-refractivity contribution is -0.148. The summed E-state index contributed by atoms with van der Waals surface area (Å²) in [6.45, 7) is 3.20. The molecule has 0 atom stereocenters. The predicted molar refractivity (Wildman–Crippen MR) is 73.8 cm³/mol. The summed E-state index contributed by atoms with van der Waals surface area (Å²) < 4.78 is 14.4. The first-order valence-corrected chi connectivity index (χ1v) is 6.25. The van der Waals surface area contributed by atoms with Gasteiger partial charge in [-0.3, -0.25) is 4.79 Å². The van der Waals surface area contributed by atoms with E-state index in [4.69, 9.17) is 20.6 Å². The van der Waals surface area contributed by atoms with Crippen LogP contribution >= 0.6 is 0 Å². The lowest BCUT2D eigenvalue weighted by Gasteiger charge is -2.17. The SMILES string of the molecule is C#CCN(C)C(=O)C(OC)=C(C(=O)OCC)C(=O)OCC. The number of ether oxygens (including phenoxy) is 3. The van der Waals surface area contributed by atoms with Crippen molar-refractivity contribution < 1.29 is 28.6 Å². The van der Waals surface area contributed by atoms with Crippen molar-refractivity contribution in [2.45, 2.75) is 13.8 Å². The minimum atomic E-state index is -0.991. The Kier molecular flexibility index (Phi) is 8.30. The zero-order chi connectivity index (χ0) is 16.4. The Morgan fingerprint density at radius 1 is 1.10 bits per heavy atom. The molecule has 0 aromatic heterocycles. The summed E-state index contributed by atoms with van der Waals surface area (Å²) in [5.74, 6) is -0.895. The second-order valence-corrected chi connectivity index (χ2v) is 3.71. The van der Waals surface area contributed by atoms with Gasteiger partial charge >= 0.3 is 11.9 Å². The minimum absolute atomic E-state index is 0.00930. The van der Waals surface area contributed by atoms with Crippen LogP contribution in [0.15, 0.2) is 11.3 Å². The van der Waals surface area contributed by atoms with E-state index in [0.717, 1.165) is 12.0 Å². The Labute approximate surface area is 123 Å². The van der Waals surface area contributed by atoms with Crippen LogP contribution in [-0.4, -0.2) is 56.7 Å². The fraction of sp³-hybridized carbons (Fsp3) is 0.500. The molecule has 21 heavy (non-hydrogen) atoms. The topological polar surface area (TPSA) is 82.1 Å². The summed E-state index contributed by atoms with van der Waals surface area (Å²) >= 11 is 0. The van der Waals surface area contributed by atoms with Gasteiger partial charge < -0.3 is 19.1 Å². The molecule has 0 radical (unpaired) electrons. The van der Waals surface area contributed by atoms with Crippen molar-refractivity contribution in [2.75, 3.05) is 33.9 Å². The van der Waals surface area contributed by atoms with E-state index in [0.29, 0.717) is 0 Å². The second kappa shape index (κ2) is 9.42. The zero-order valence-corrected chi connectivity index (χ0v) is 12.6. The molecule has 0 N–H and O–H groups in total. The Morgan fingerprint density at radius 2 is 1.57 bits per heavy atom. The molecule has 116 valence electrons. The highest BCUT2D eigenvalue weighted by Crippen LogP contribution is 2.13. The summed E-state index contributed by atoms with van der Waals surface area (Å²) in [5.41, 5.74) is -0.588. The molecule has 0 bridgehead atoms. The maximum absolute atomic E-state index is 12.2. The molecule has 0 saturated carbocycles. The van der Waals surface area contributed by atoms with Crippen LogP contribution in [0.2, 0.25) is 0 Å². The molecule has 1 amide bonds. The van der Waals surface area contributed by atoms with Gasteiger partial charge in [-0.1, -0.05) is 5.92 Å². The largest absolute Gasteiger partial charge is 0.490 e. The zero-order valence-electron chi connectivity index (χ0n) is 12.6. The monoisotopic (exact) mass is 297 g/mol. The molecule has 7 heteroatoms. The van der Waals surface area contributed by atoms with Crippen LogP contribution < -0.4 is 0 Å². The standard InChI is InChI=1S/C14H19NO6/c1-6-9-15(4)12(16)11(19-5)10(13(17)20-7-2)14(18)21-8-3/h1H,7-9H2,2-5H3. The lowest BCUT2D eigenvalue weighted by Crippen LogP contribution is -2.33. The van der Waals surface area contributed by atoms with E-state index in [1.54, 1.807) is 13.8 Å². The number of rotatable bonds is 7. The van der Waals surface area contributed by atoms with Crippen LogP contribution in [-0.2, 0) is 28.6 Å². The highest BCUT2D eigenvalue weighted by Gasteiger charge is 2.32. The van der Waals surface area contributed by atoms with Crippen LogP contribution in [0.5, 0.6) is 0 Å². The molecule has 0 aromatic carbocycles. The molecule has 0 rings (SSSR count). The first-order valence-electron chi connectivity index (χ1n) is 6.25. The number of amides is 1. The number of esters is 2. The van der Waals surface area contributed by atoms with Gasteiger partial charge in [0.15, 0.2) is 5.57 Å². The average molecular weight is 297 g/mol. The Balaban J connectivity index is 5.75. The number of carbonyl (C=O) groups excluding carboxylic acids is 3. The predicted octanol–water partition coefficient (Wildman–Crippen LogP) is 0.105. The molecule has 7 nitrogen and oxygen atoms in total. The van der Waals surface area contributed by atoms with Crippen molar-refractivity contribution >= 4 is 17.8 Å². The molecule has 0 aliphatic rings. The molecule has 0 unspecified atom stereocenters. The number of nitrogens with zero attached hydrogens (tertiary/aromatic N) is 1. The normalized spacial score (nSPS) is 9.10. The summed E-state index contributed by atoms with van der Waals surface area (Å²) in [7, 11) is 2.57. The van der Waals surface area contributed by atoms with Gasteiger partial charge in [0.1, 0.15) is 0 Å². The maximum Gasteiger partial charge on any atom is 0.349 e. The van der Waals surface area contributed by atoms with Crippen LogP contribution in [0, 0.1) is 12.3 Å². The van der Waals surface area contributed by atoms with Gasteiger partial charge in [0.25, 0.3) is 5.91 Å². The van der Waals surface area contributed by atoms with Gasteiger partial charge in [-0.2, -0.15) is 0 Å². The fourth-order valence-electron chi connectivity index (χ4n) is 1.35. The highest BCUT2D eigenvalue weighted by molar-refractivity contribution is 6.19.